The molecule has 0 amide bonds. The predicted octanol–water partition coefficient (Wildman–Crippen LogP) is 1.65. The average Bonchev–Trinajstić information content (AvgIpc) is 2.99. The van der Waals surface area contributed by atoms with Crippen LogP contribution in [-0.4, -0.2) is 41.4 Å². The second kappa shape index (κ2) is 4.82. The first-order valence-electron chi connectivity index (χ1n) is 7.16. The number of hydrogen-bond acceptors (Lipinski definition) is 5. The number of aromatic nitrogens is 2. The lowest BCUT2D eigenvalue weighted by molar-refractivity contribution is 0.00578. The van der Waals surface area contributed by atoms with E-state index in [0.29, 0.717) is 5.56 Å². The van der Waals surface area contributed by atoms with E-state index in [9.17, 15) is 4.79 Å². The molecular formula is C15H19BN2O4. The number of nitrogens with zero attached hydrogens (tertiary/aromatic N) is 1. The Kier molecular flexibility index (Phi) is 3.30. The molecule has 0 radical (unpaired) electrons. The van der Waals surface area contributed by atoms with Crippen molar-refractivity contribution in [3.63, 3.8) is 0 Å². The molecule has 0 atom stereocenters. The molecule has 0 unspecified atom stereocenters. The lowest BCUT2D eigenvalue weighted by Crippen LogP contribution is -2.41. The van der Waals surface area contributed by atoms with Gasteiger partial charge in [-0.3, -0.25) is 0 Å². The van der Waals surface area contributed by atoms with E-state index in [-0.39, 0.29) is 0 Å². The molecule has 1 fully saturated rings. The summed E-state index contributed by atoms with van der Waals surface area (Å²) in [5.41, 5.74) is 1.71. The standard InChI is InChI=1S/C15H19BN2O4/c1-14(2)15(3,4)22-16(21-14)10-6-9(13(19)20-5)7-11-12(10)18-8-17-11/h6-8H,1-5H3,(H,17,18). The van der Waals surface area contributed by atoms with Gasteiger partial charge in [0.1, 0.15) is 0 Å². The van der Waals surface area contributed by atoms with Gasteiger partial charge < -0.3 is 19.0 Å². The van der Waals surface area contributed by atoms with Crippen LogP contribution in [0.25, 0.3) is 11.0 Å². The molecule has 0 spiro atoms. The Balaban J connectivity index is 2.11. The first-order valence-corrected chi connectivity index (χ1v) is 7.16. The van der Waals surface area contributed by atoms with Gasteiger partial charge in [0.15, 0.2) is 0 Å². The van der Waals surface area contributed by atoms with E-state index in [1.165, 1.54) is 7.11 Å². The van der Waals surface area contributed by atoms with E-state index >= 15 is 0 Å². The molecule has 1 aromatic heterocycles. The summed E-state index contributed by atoms with van der Waals surface area (Å²) < 4.78 is 16.9. The van der Waals surface area contributed by atoms with Gasteiger partial charge in [-0.2, -0.15) is 0 Å². The van der Waals surface area contributed by atoms with E-state index in [1.54, 1.807) is 18.5 Å². The number of carbonyl (C=O) groups is 1. The maximum atomic E-state index is 11.9. The molecular weight excluding hydrogens is 283 g/mol. The second-order valence-corrected chi connectivity index (χ2v) is 6.44. The maximum Gasteiger partial charge on any atom is 0.497 e. The zero-order chi connectivity index (χ0) is 16.1. The van der Waals surface area contributed by atoms with Crippen LogP contribution in [-0.2, 0) is 14.0 Å². The Hall–Kier alpha value is -1.86. The number of benzene rings is 1. The molecule has 1 aliphatic rings. The number of nitrogens with one attached hydrogen (secondary N) is 1. The molecule has 6 nitrogen and oxygen atoms in total. The minimum Gasteiger partial charge on any atom is -0.465 e. The zero-order valence-corrected chi connectivity index (χ0v) is 13.4. The summed E-state index contributed by atoms with van der Waals surface area (Å²) in [6, 6.07) is 3.43. The van der Waals surface area contributed by atoms with Crippen LogP contribution in [0.2, 0.25) is 0 Å². The van der Waals surface area contributed by atoms with Crippen LogP contribution in [0.3, 0.4) is 0 Å². The fraction of sp³-hybridized carbons (Fsp3) is 0.467. The number of imidazole rings is 1. The minimum atomic E-state index is -0.583. The van der Waals surface area contributed by atoms with Crippen LogP contribution in [0, 0.1) is 0 Å². The third kappa shape index (κ3) is 2.21. The normalized spacial score (nSPS) is 19.6. The number of esters is 1. The Labute approximate surface area is 129 Å². The van der Waals surface area contributed by atoms with Crippen LogP contribution >= 0.6 is 0 Å². The van der Waals surface area contributed by atoms with Gasteiger partial charge >= 0.3 is 13.1 Å². The molecule has 1 N–H and O–H groups in total. The highest BCUT2D eigenvalue weighted by Crippen LogP contribution is 2.37. The van der Waals surface area contributed by atoms with Crippen LogP contribution in [0.4, 0.5) is 0 Å². The fourth-order valence-corrected chi connectivity index (χ4v) is 2.46. The fourth-order valence-electron chi connectivity index (χ4n) is 2.46. The van der Waals surface area contributed by atoms with E-state index in [0.717, 1.165) is 16.5 Å². The van der Waals surface area contributed by atoms with Gasteiger partial charge in [0.25, 0.3) is 0 Å². The highest BCUT2D eigenvalue weighted by Gasteiger charge is 2.52. The SMILES string of the molecule is COC(=O)c1cc(B2OC(C)(C)C(C)(C)O2)c2nc[nH]c2c1. The summed E-state index contributed by atoms with van der Waals surface area (Å²) in [5, 5.41) is 0. The van der Waals surface area contributed by atoms with Gasteiger partial charge in [-0.15, -0.1) is 0 Å². The largest absolute Gasteiger partial charge is 0.497 e. The molecule has 0 aliphatic carbocycles. The maximum absolute atomic E-state index is 11.9. The van der Waals surface area contributed by atoms with E-state index in [4.69, 9.17) is 14.0 Å². The minimum absolute atomic E-state index is 0.408. The van der Waals surface area contributed by atoms with Gasteiger partial charge in [-0.25, -0.2) is 9.78 Å². The summed E-state index contributed by atoms with van der Waals surface area (Å²) >= 11 is 0. The molecule has 7 heteroatoms. The third-order valence-electron chi connectivity index (χ3n) is 4.48. The molecule has 116 valence electrons. The van der Waals surface area contributed by atoms with Crippen molar-refractivity contribution >= 4 is 29.6 Å². The number of methoxy groups -OCH3 is 1. The Morgan fingerprint density at radius 3 is 2.45 bits per heavy atom. The topological polar surface area (TPSA) is 73.4 Å². The summed E-state index contributed by atoms with van der Waals surface area (Å²) in [7, 11) is 0.772. The molecule has 1 aromatic carbocycles. The van der Waals surface area contributed by atoms with Crippen LogP contribution in [0.1, 0.15) is 38.1 Å². The Morgan fingerprint density at radius 2 is 1.86 bits per heavy atom. The molecule has 3 rings (SSSR count). The van der Waals surface area contributed by atoms with Crippen LogP contribution in [0.5, 0.6) is 0 Å². The monoisotopic (exact) mass is 302 g/mol. The quantitative estimate of drug-likeness (QED) is 0.674. The van der Waals surface area contributed by atoms with Crippen molar-refractivity contribution < 1.29 is 18.8 Å². The van der Waals surface area contributed by atoms with Crippen molar-refractivity contribution in [1.82, 2.24) is 9.97 Å². The summed E-state index contributed by atoms with van der Waals surface area (Å²) in [6.45, 7) is 7.94. The number of hydrogen-bond donors (Lipinski definition) is 1. The van der Waals surface area contributed by atoms with Crippen molar-refractivity contribution in [3.8, 4) is 0 Å². The molecule has 0 bridgehead atoms. The van der Waals surface area contributed by atoms with E-state index in [1.807, 2.05) is 27.7 Å². The van der Waals surface area contributed by atoms with Crippen molar-refractivity contribution in [3.05, 3.63) is 24.0 Å². The Bertz CT molecular complexity index is 722. The van der Waals surface area contributed by atoms with E-state index < -0.39 is 24.3 Å². The van der Waals surface area contributed by atoms with Gasteiger partial charge in [0.05, 0.1) is 41.2 Å². The lowest BCUT2D eigenvalue weighted by atomic mass is 9.77. The smallest absolute Gasteiger partial charge is 0.465 e. The number of aromatic amines is 1. The predicted molar refractivity (Wildman–Crippen MR) is 83.1 cm³/mol. The Morgan fingerprint density at radius 1 is 1.23 bits per heavy atom. The van der Waals surface area contributed by atoms with E-state index in [2.05, 4.69) is 9.97 Å². The number of carbonyl (C=O) groups excluding carboxylic acids is 1. The number of fused-ring (bicyclic) bond motifs is 1. The summed E-state index contributed by atoms with van der Waals surface area (Å²) in [4.78, 5) is 19.2. The number of H-pyrrole nitrogens is 1. The molecule has 0 saturated carbocycles. The first kappa shape index (κ1) is 15.1. The lowest BCUT2D eigenvalue weighted by Gasteiger charge is -2.32. The zero-order valence-electron chi connectivity index (χ0n) is 13.4. The molecule has 2 heterocycles. The van der Waals surface area contributed by atoms with Gasteiger partial charge in [-0.1, -0.05) is 0 Å². The van der Waals surface area contributed by atoms with Gasteiger partial charge in [-0.05, 0) is 39.8 Å². The average molecular weight is 302 g/mol. The molecule has 1 saturated heterocycles. The van der Waals surface area contributed by atoms with Crippen molar-refractivity contribution in [2.24, 2.45) is 0 Å². The van der Waals surface area contributed by atoms with Gasteiger partial charge in [0.2, 0.25) is 0 Å². The van der Waals surface area contributed by atoms with Crippen LogP contribution in [0.15, 0.2) is 18.5 Å². The van der Waals surface area contributed by atoms with Crippen molar-refractivity contribution in [2.45, 2.75) is 38.9 Å². The molecule has 1 aliphatic heterocycles. The van der Waals surface area contributed by atoms with Crippen molar-refractivity contribution in [1.29, 1.82) is 0 Å². The second-order valence-electron chi connectivity index (χ2n) is 6.44. The number of rotatable bonds is 2. The number of ether oxygens (including phenoxy) is 1. The highest BCUT2D eigenvalue weighted by atomic mass is 16.7. The third-order valence-corrected chi connectivity index (χ3v) is 4.48. The highest BCUT2D eigenvalue weighted by molar-refractivity contribution is 6.65. The van der Waals surface area contributed by atoms with Gasteiger partial charge in [0, 0.05) is 5.46 Å². The summed E-state index contributed by atoms with van der Waals surface area (Å²) in [6.07, 6.45) is 1.58. The first-order chi connectivity index (χ1) is 10.2. The van der Waals surface area contributed by atoms with Crippen LogP contribution < -0.4 is 5.46 Å². The molecule has 22 heavy (non-hydrogen) atoms. The molecule has 2 aromatic rings. The summed E-state index contributed by atoms with van der Waals surface area (Å²) in [5.74, 6) is -0.408. The van der Waals surface area contributed by atoms with Crippen molar-refractivity contribution in [2.75, 3.05) is 7.11 Å².